The van der Waals surface area contributed by atoms with E-state index in [0.29, 0.717) is 18.7 Å². The molecule has 1 aromatic carbocycles. The second-order valence-electron chi connectivity index (χ2n) is 4.83. The Labute approximate surface area is 119 Å². The summed E-state index contributed by atoms with van der Waals surface area (Å²) in [5.74, 6) is 0.274. The van der Waals surface area contributed by atoms with Crippen molar-refractivity contribution in [2.75, 3.05) is 12.3 Å². The summed E-state index contributed by atoms with van der Waals surface area (Å²) in [6.45, 7) is 1.25. The molecular formula is C14H13F3N4. The molecule has 0 aliphatic carbocycles. The Morgan fingerprint density at radius 2 is 1.90 bits per heavy atom. The number of alkyl halides is 3. The standard InChI is InChI=1S/C14H13F3N4/c15-14(16,17)10-4-2-1-3-8(10)13-20-11-7-19-6-5-9(11)12(18)21-13/h1-4,19H,5-7H2,(H2,18,20,21). The van der Waals surface area contributed by atoms with Crippen LogP contribution >= 0.6 is 0 Å². The number of rotatable bonds is 1. The van der Waals surface area contributed by atoms with Gasteiger partial charge in [0.1, 0.15) is 5.82 Å². The van der Waals surface area contributed by atoms with Crippen LogP contribution in [0, 0.1) is 0 Å². The smallest absolute Gasteiger partial charge is 0.383 e. The molecule has 3 rings (SSSR count). The minimum atomic E-state index is -4.46. The summed E-state index contributed by atoms with van der Waals surface area (Å²) >= 11 is 0. The monoisotopic (exact) mass is 294 g/mol. The lowest BCUT2D eigenvalue weighted by Crippen LogP contribution is -2.26. The number of nitrogens with one attached hydrogen (secondary N) is 1. The van der Waals surface area contributed by atoms with Gasteiger partial charge in [-0.25, -0.2) is 9.97 Å². The van der Waals surface area contributed by atoms with E-state index in [2.05, 4.69) is 15.3 Å². The Hall–Kier alpha value is -2.15. The summed E-state index contributed by atoms with van der Waals surface area (Å²) in [6.07, 6.45) is -3.77. The maximum atomic E-state index is 13.1. The second kappa shape index (κ2) is 5.00. The van der Waals surface area contributed by atoms with Crippen molar-refractivity contribution >= 4 is 5.82 Å². The molecule has 1 aromatic heterocycles. The molecule has 7 heteroatoms. The van der Waals surface area contributed by atoms with Crippen LogP contribution in [0.5, 0.6) is 0 Å². The van der Waals surface area contributed by atoms with Gasteiger partial charge in [0.15, 0.2) is 5.82 Å². The minimum absolute atomic E-state index is 0.0166. The second-order valence-corrected chi connectivity index (χ2v) is 4.83. The summed E-state index contributed by atoms with van der Waals surface area (Å²) < 4.78 is 39.2. The number of anilines is 1. The van der Waals surface area contributed by atoms with Crippen LogP contribution in [0.3, 0.4) is 0 Å². The molecule has 0 saturated carbocycles. The topological polar surface area (TPSA) is 63.8 Å². The Balaban J connectivity index is 2.16. The molecule has 1 aliphatic rings. The van der Waals surface area contributed by atoms with Crippen molar-refractivity contribution in [2.45, 2.75) is 19.1 Å². The normalized spacial score (nSPS) is 14.8. The lowest BCUT2D eigenvalue weighted by Gasteiger charge is -2.19. The number of fused-ring (bicyclic) bond motifs is 1. The highest BCUT2D eigenvalue weighted by Gasteiger charge is 2.34. The highest BCUT2D eigenvalue weighted by Crippen LogP contribution is 2.36. The Morgan fingerprint density at radius 3 is 2.67 bits per heavy atom. The fraction of sp³-hybridized carbons (Fsp3) is 0.286. The third-order valence-electron chi connectivity index (χ3n) is 3.44. The molecule has 0 bridgehead atoms. The summed E-state index contributed by atoms with van der Waals surface area (Å²) in [7, 11) is 0. The molecule has 110 valence electrons. The molecule has 0 amide bonds. The summed E-state index contributed by atoms with van der Waals surface area (Å²) in [6, 6.07) is 5.25. The van der Waals surface area contributed by atoms with E-state index in [-0.39, 0.29) is 17.2 Å². The van der Waals surface area contributed by atoms with Gasteiger partial charge < -0.3 is 11.1 Å². The number of benzene rings is 1. The van der Waals surface area contributed by atoms with Gasteiger partial charge in [-0.2, -0.15) is 13.2 Å². The molecule has 2 heterocycles. The molecule has 0 spiro atoms. The molecule has 1 aliphatic heterocycles. The van der Waals surface area contributed by atoms with Gasteiger partial charge in [0.05, 0.1) is 11.3 Å². The molecule has 2 aromatic rings. The van der Waals surface area contributed by atoms with Crippen LogP contribution < -0.4 is 11.1 Å². The van der Waals surface area contributed by atoms with E-state index in [1.54, 1.807) is 0 Å². The Morgan fingerprint density at radius 1 is 1.14 bits per heavy atom. The fourth-order valence-electron chi connectivity index (χ4n) is 2.43. The number of nitrogens with zero attached hydrogens (tertiary/aromatic N) is 2. The van der Waals surface area contributed by atoms with Crippen LogP contribution in [0.15, 0.2) is 24.3 Å². The molecule has 0 radical (unpaired) electrons. The number of nitrogen functional groups attached to an aromatic ring is 1. The van der Waals surface area contributed by atoms with Gasteiger partial charge >= 0.3 is 6.18 Å². The minimum Gasteiger partial charge on any atom is -0.383 e. The molecule has 0 unspecified atom stereocenters. The zero-order valence-electron chi connectivity index (χ0n) is 11.0. The van der Waals surface area contributed by atoms with Crippen LogP contribution in [0.4, 0.5) is 19.0 Å². The van der Waals surface area contributed by atoms with Gasteiger partial charge in [-0.1, -0.05) is 18.2 Å². The SMILES string of the molecule is Nc1nc(-c2ccccc2C(F)(F)F)nc2c1CCNC2. The summed E-state index contributed by atoms with van der Waals surface area (Å²) in [5, 5.41) is 3.12. The van der Waals surface area contributed by atoms with E-state index in [1.165, 1.54) is 18.2 Å². The van der Waals surface area contributed by atoms with Gasteiger partial charge in [-0.05, 0) is 19.0 Å². The number of hydrogen-bond donors (Lipinski definition) is 2. The largest absolute Gasteiger partial charge is 0.417 e. The van der Waals surface area contributed by atoms with Crippen molar-refractivity contribution in [2.24, 2.45) is 0 Å². The van der Waals surface area contributed by atoms with Crippen LogP contribution in [-0.2, 0) is 19.1 Å². The van der Waals surface area contributed by atoms with Crippen molar-refractivity contribution in [1.29, 1.82) is 0 Å². The highest BCUT2D eigenvalue weighted by molar-refractivity contribution is 5.63. The first kappa shape index (κ1) is 13.8. The van der Waals surface area contributed by atoms with Crippen molar-refractivity contribution in [1.82, 2.24) is 15.3 Å². The van der Waals surface area contributed by atoms with E-state index in [4.69, 9.17) is 5.73 Å². The molecule has 21 heavy (non-hydrogen) atoms. The van der Waals surface area contributed by atoms with E-state index >= 15 is 0 Å². The van der Waals surface area contributed by atoms with Crippen molar-refractivity contribution in [3.8, 4) is 11.4 Å². The van der Waals surface area contributed by atoms with Crippen LogP contribution in [0.25, 0.3) is 11.4 Å². The molecule has 0 atom stereocenters. The third kappa shape index (κ3) is 2.56. The predicted octanol–water partition coefficient (Wildman–Crippen LogP) is 2.39. The lowest BCUT2D eigenvalue weighted by atomic mass is 10.0. The molecule has 0 fully saturated rings. The average molecular weight is 294 g/mol. The maximum Gasteiger partial charge on any atom is 0.417 e. The average Bonchev–Trinajstić information content (AvgIpc) is 2.46. The van der Waals surface area contributed by atoms with E-state index in [0.717, 1.165) is 18.2 Å². The van der Waals surface area contributed by atoms with Crippen molar-refractivity contribution in [3.63, 3.8) is 0 Å². The summed E-state index contributed by atoms with van der Waals surface area (Å²) in [4.78, 5) is 8.33. The third-order valence-corrected chi connectivity index (χ3v) is 3.44. The summed E-state index contributed by atoms with van der Waals surface area (Å²) in [5.41, 5.74) is 6.56. The number of halogens is 3. The number of aromatic nitrogens is 2. The van der Waals surface area contributed by atoms with Crippen molar-refractivity contribution in [3.05, 3.63) is 41.1 Å². The number of hydrogen-bond acceptors (Lipinski definition) is 4. The first-order valence-corrected chi connectivity index (χ1v) is 6.49. The first-order chi connectivity index (χ1) is 9.97. The van der Waals surface area contributed by atoms with Crippen LogP contribution in [0.1, 0.15) is 16.8 Å². The first-order valence-electron chi connectivity index (χ1n) is 6.49. The Bertz CT molecular complexity index is 682. The quantitative estimate of drug-likeness (QED) is 0.847. The van der Waals surface area contributed by atoms with Crippen LogP contribution in [0.2, 0.25) is 0 Å². The zero-order valence-corrected chi connectivity index (χ0v) is 11.0. The van der Waals surface area contributed by atoms with Crippen molar-refractivity contribution < 1.29 is 13.2 Å². The van der Waals surface area contributed by atoms with Crippen LogP contribution in [-0.4, -0.2) is 16.5 Å². The van der Waals surface area contributed by atoms with E-state index in [9.17, 15) is 13.2 Å². The van der Waals surface area contributed by atoms with Gasteiger partial charge in [0.25, 0.3) is 0 Å². The van der Waals surface area contributed by atoms with E-state index < -0.39 is 11.7 Å². The highest BCUT2D eigenvalue weighted by atomic mass is 19.4. The van der Waals surface area contributed by atoms with Gasteiger partial charge in [-0.3, -0.25) is 0 Å². The molecular weight excluding hydrogens is 281 g/mol. The van der Waals surface area contributed by atoms with Gasteiger partial charge in [0, 0.05) is 17.7 Å². The molecule has 4 nitrogen and oxygen atoms in total. The number of nitrogens with two attached hydrogens (primary N) is 1. The zero-order chi connectivity index (χ0) is 15.0. The molecule has 3 N–H and O–H groups in total. The predicted molar refractivity (Wildman–Crippen MR) is 72.3 cm³/mol. The van der Waals surface area contributed by atoms with E-state index in [1.807, 2.05) is 0 Å². The fourth-order valence-corrected chi connectivity index (χ4v) is 2.43. The van der Waals surface area contributed by atoms with Gasteiger partial charge in [-0.15, -0.1) is 0 Å². The van der Waals surface area contributed by atoms with Gasteiger partial charge in [0.2, 0.25) is 0 Å². The maximum absolute atomic E-state index is 13.1. The Kier molecular flexibility index (Phi) is 3.29. The lowest BCUT2D eigenvalue weighted by molar-refractivity contribution is -0.137. The molecule has 0 saturated heterocycles.